The van der Waals surface area contributed by atoms with Crippen molar-refractivity contribution in [3.63, 3.8) is 0 Å². The van der Waals surface area contributed by atoms with E-state index in [1.165, 1.54) is 6.07 Å². The number of nitrogens with zero attached hydrogens (tertiary/aromatic N) is 3. The number of anilines is 2. The Bertz CT molecular complexity index is 411. The lowest BCUT2D eigenvalue weighted by Crippen LogP contribution is -2.29. The molecule has 0 aliphatic rings. The van der Waals surface area contributed by atoms with Crippen molar-refractivity contribution in [2.24, 2.45) is 0 Å². The Labute approximate surface area is 109 Å². The topological polar surface area (TPSA) is 64.3 Å². The molecular weight excluding hydrogens is 261 g/mol. The summed E-state index contributed by atoms with van der Waals surface area (Å²) in [6.45, 7) is 5.57. The van der Waals surface area contributed by atoms with Gasteiger partial charge in [-0.1, -0.05) is 0 Å². The summed E-state index contributed by atoms with van der Waals surface area (Å²) in [4.78, 5) is 8.37. The van der Waals surface area contributed by atoms with E-state index in [9.17, 15) is 13.2 Å². The lowest BCUT2D eigenvalue weighted by Gasteiger charge is -2.22. The average molecular weight is 278 g/mol. The second-order valence-corrected chi connectivity index (χ2v) is 3.75. The van der Waals surface area contributed by atoms with Gasteiger partial charge in [-0.05, 0) is 13.8 Å². The van der Waals surface area contributed by atoms with Gasteiger partial charge in [0, 0.05) is 25.8 Å². The first-order chi connectivity index (χ1) is 8.88. The minimum absolute atomic E-state index is 0.155. The van der Waals surface area contributed by atoms with E-state index >= 15 is 0 Å². The summed E-state index contributed by atoms with van der Waals surface area (Å²) in [6.07, 6.45) is -4.61. The molecule has 2 N–H and O–H groups in total. The molecular formula is C11H17F3N4O. The molecule has 0 saturated carbocycles. The molecule has 108 valence electrons. The molecule has 0 atom stereocenters. The highest BCUT2D eigenvalue weighted by atomic mass is 19.4. The van der Waals surface area contributed by atoms with Gasteiger partial charge in [0.2, 0.25) is 5.82 Å². The maximum absolute atomic E-state index is 12.6. The number of rotatable bonds is 6. The van der Waals surface area contributed by atoms with Crippen LogP contribution in [0.3, 0.4) is 0 Å². The molecule has 1 aromatic heterocycles. The van der Waals surface area contributed by atoms with E-state index in [1.54, 1.807) is 4.90 Å². The van der Waals surface area contributed by atoms with Gasteiger partial charge in [0.15, 0.2) is 0 Å². The smallest absolute Gasteiger partial charge is 0.384 e. The van der Waals surface area contributed by atoms with Gasteiger partial charge in [-0.3, -0.25) is 0 Å². The summed E-state index contributed by atoms with van der Waals surface area (Å²) in [5.74, 6) is -1.27. The summed E-state index contributed by atoms with van der Waals surface area (Å²) in [7, 11) is 0. The van der Waals surface area contributed by atoms with Crippen LogP contribution in [0.4, 0.5) is 24.8 Å². The van der Waals surface area contributed by atoms with Gasteiger partial charge in [-0.2, -0.15) is 13.2 Å². The molecule has 19 heavy (non-hydrogen) atoms. The lowest BCUT2D eigenvalue weighted by atomic mass is 10.4. The van der Waals surface area contributed by atoms with Crippen LogP contribution >= 0.6 is 0 Å². The molecule has 0 unspecified atom stereocenters. The van der Waals surface area contributed by atoms with Gasteiger partial charge < -0.3 is 15.4 Å². The monoisotopic (exact) mass is 278 g/mol. The molecule has 0 amide bonds. The predicted octanol–water partition coefficient (Wildman–Crippen LogP) is 1.94. The zero-order valence-electron chi connectivity index (χ0n) is 10.9. The second-order valence-electron chi connectivity index (χ2n) is 3.75. The minimum Gasteiger partial charge on any atom is -0.384 e. The molecule has 1 heterocycles. The summed E-state index contributed by atoms with van der Waals surface area (Å²) < 4.78 is 43.0. The van der Waals surface area contributed by atoms with Gasteiger partial charge in [0.1, 0.15) is 11.6 Å². The lowest BCUT2D eigenvalue weighted by molar-refractivity contribution is -0.144. The first-order valence-corrected chi connectivity index (χ1v) is 5.93. The van der Waals surface area contributed by atoms with Crippen LogP contribution in [0.2, 0.25) is 0 Å². The van der Waals surface area contributed by atoms with Crippen LogP contribution in [0, 0.1) is 0 Å². The van der Waals surface area contributed by atoms with Crippen LogP contribution in [0.25, 0.3) is 0 Å². The first-order valence-electron chi connectivity index (χ1n) is 5.93. The summed E-state index contributed by atoms with van der Waals surface area (Å²) in [5, 5.41) is 0. The van der Waals surface area contributed by atoms with Crippen molar-refractivity contribution in [1.82, 2.24) is 9.97 Å². The van der Waals surface area contributed by atoms with Crippen molar-refractivity contribution in [3.05, 3.63) is 11.9 Å². The van der Waals surface area contributed by atoms with Gasteiger partial charge in [0.25, 0.3) is 0 Å². The second kappa shape index (κ2) is 6.55. The molecule has 0 spiro atoms. The molecule has 5 nitrogen and oxygen atoms in total. The van der Waals surface area contributed by atoms with Crippen LogP contribution in [0.5, 0.6) is 0 Å². The van der Waals surface area contributed by atoms with E-state index in [0.717, 1.165) is 0 Å². The van der Waals surface area contributed by atoms with Crippen molar-refractivity contribution >= 4 is 11.6 Å². The first kappa shape index (κ1) is 15.5. The van der Waals surface area contributed by atoms with Crippen LogP contribution in [-0.4, -0.2) is 36.3 Å². The van der Waals surface area contributed by atoms with E-state index in [0.29, 0.717) is 26.3 Å². The Morgan fingerprint density at radius 2 is 2.00 bits per heavy atom. The summed E-state index contributed by atoms with van der Waals surface area (Å²) in [5.41, 5.74) is 5.39. The van der Waals surface area contributed by atoms with Crippen molar-refractivity contribution in [2.75, 3.05) is 36.9 Å². The number of halogens is 3. The number of hydrogen-bond acceptors (Lipinski definition) is 5. The molecule has 0 aliphatic carbocycles. The maximum atomic E-state index is 12.6. The van der Waals surface area contributed by atoms with Crippen molar-refractivity contribution in [3.8, 4) is 0 Å². The Balaban J connectivity index is 2.94. The number of nitrogens with two attached hydrogens (primary N) is 1. The van der Waals surface area contributed by atoms with Crippen LogP contribution in [0.15, 0.2) is 6.07 Å². The van der Waals surface area contributed by atoms with Gasteiger partial charge >= 0.3 is 6.18 Å². The molecule has 1 rings (SSSR count). The highest BCUT2D eigenvalue weighted by Gasteiger charge is 2.35. The van der Waals surface area contributed by atoms with Crippen molar-refractivity contribution in [2.45, 2.75) is 20.0 Å². The summed E-state index contributed by atoms with van der Waals surface area (Å²) in [6, 6.07) is 1.32. The quantitative estimate of drug-likeness (QED) is 0.806. The number of likely N-dealkylation sites (N-methyl/N-ethyl adjacent to an activating group) is 1. The van der Waals surface area contributed by atoms with Crippen LogP contribution in [-0.2, 0) is 10.9 Å². The SMILES string of the molecule is CCOCCN(CC)c1cc(N)nc(C(F)(F)F)n1. The van der Waals surface area contributed by atoms with E-state index in [2.05, 4.69) is 9.97 Å². The molecule has 0 fully saturated rings. The zero-order chi connectivity index (χ0) is 14.5. The standard InChI is InChI=1S/C11H17F3N4O/c1-3-18(5-6-19-4-2)9-7-8(15)16-10(17-9)11(12,13)14/h7H,3-6H2,1-2H3,(H2,15,16,17). The third-order valence-corrected chi connectivity index (χ3v) is 2.40. The Hall–Kier alpha value is -1.57. The van der Waals surface area contributed by atoms with Gasteiger partial charge in [-0.15, -0.1) is 0 Å². The van der Waals surface area contributed by atoms with Crippen molar-refractivity contribution < 1.29 is 17.9 Å². The maximum Gasteiger partial charge on any atom is 0.451 e. The highest BCUT2D eigenvalue weighted by Crippen LogP contribution is 2.28. The molecule has 8 heteroatoms. The fraction of sp³-hybridized carbons (Fsp3) is 0.636. The fourth-order valence-electron chi connectivity index (χ4n) is 1.50. The fourth-order valence-corrected chi connectivity index (χ4v) is 1.50. The highest BCUT2D eigenvalue weighted by molar-refractivity contribution is 5.47. The number of aromatic nitrogens is 2. The third-order valence-electron chi connectivity index (χ3n) is 2.40. The van der Waals surface area contributed by atoms with Gasteiger partial charge in [-0.25, -0.2) is 9.97 Å². The Morgan fingerprint density at radius 1 is 1.32 bits per heavy atom. The largest absolute Gasteiger partial charge is 0.451 e. The molecule has 1 aromatic rings. The van der Waals surface area contributed by atoms with Crippen LogP contribution < -0.4 is 10.6 Å². The third kappa shape index (κ3) is 4.55. The van der Waals surface area contributed by atoms with E-state index in [1.807, 2.05) is 13.8 Å². The molecule has 0 aromatic carbocycles. The van der Waals surface area contributed by atoms with E-state index in [-0.39, 0.29) is 11.6 Å². The predicted molar refractivity (Wildman–Crippen MR) is 65.8 cm³/mol. The van der Waals surface area contributed by atoms with Crippen molar-refractivity contribution in [1.29, 1.82) is 0 Å². The number of nitrogen functional groups attached to an aromatic ring is 1. The Kier molecular flexibility index (Phi) is 5.34. The number of alkyl halides is 3. The zero-order valence-corrected chi connectivity index (χ0v) is 10.9. The normalized spacial score (nSPS) is 11.6. The van der Waals surface area contributed by atoms with E-state index < -0.39 is 12.0 Å². The minimum atomic E-state index is -4.61. The van der Waals surface area contributed by atoms with Gasteiger partial charge in [0.05, 0.1) is 6.61 Å². The molecule has 0 saturated heterocycles. The Morgan fingerprint density at radius 3 is 2.53 bits per heavy atom. The summed E-state index contributed by atoms with van der Waals surface area (Å²) >= 11 is 0. The number of hydrogen-bond donors (Lipinski definition) is 1. The molecule has 0 radical (unpaired) electrons. The number of ether oxygens (including phenoxy) is 1. The van der Waals surface area contributed by atoms with Crippen LogP contribution in [0.1, 0.15) is 19.7 Å². The van der Waals surface area contributed by atoms with E-state index in [4.69, 9.17) is 10.5 Å². The molecule has 0 aliphatic heterocycles. The molecule has 0 bridgehead atoms. The average Bonchev–Trinajstić information content (AvgIpc) is 2.33.